The summed E-state index contributed by atoms with van der Waals surface area (Å²) in [5.74, 6) is -1.04. The summed E-state index contributed by atoms with van der Waals surface area (Å²) < 4.78 is 5.30. The first-order valence-corrected chi connectivity index (χ1v) is 6.32. The molecule has 5 nitrogen and oxygen atoms in total. The maximum absolute atomic E-state index is 12.0. The predicted molar refractivity (Wildman–Crippen MR) is 66.6 cm³/mol. The molecular formula is C14H15NO4. The topological polar surface area (TPSA) is 75.6 Å². The number of carboxylic acid groups (broad SMARTS) is 1. The molecule has 1 aliphatic heterocycles. The highest BCUT2D eigenvalue weighted by Crippen LogP contribution is 2.45. The van der Waals surface area contributed by atoms with Crippen molar-refractivity contribution < 1.29 is 19.4 Å². The number of carboxylic acids is 1. The van der Waals surface area contributed by atoms with E-state index in [0.29, 0.717) is 31.6 Å². The van der Waals surface area contributed by atoms with Crippen molar-refractivity contribution in [2.45, 2.75) is 26.1 Å². The number of hydrogen-bond acceptors (Lipinski definition) is 3. The summed E-state index contributed by atoms with van der Waals surface area (Å²) in [6, 6.07) is 5.46. The number of aliphatic carboxylic acids is 1. The fourth-order valence-corrected chi connectivity index (χ4v) is 2.28. The number of ether oxygens (including phenoxy) is 1. The molecule has 0 radical (unpaired) electrons. The van der Waals surface area contributed by atoms with Crippen LogP contribution >= 0.6 is 0 Å². The van der Waals surface area contributed by atoms with Crippen molar-refractivity contribution in [2.75, 3.05) is 6.54 Å². The van der Waals surface area contributed by atoms with Crippen LogP contribution in [0.1, 0.15) is 34.3 Å². The van der Waals surface area contributed by atoms with E-state index >= 15 is 0 Å². The summed E-state index contributed by atoms with van der Waals surface area (Å²) >= 11 is 0. The Kier molecular flexibility index (Phi) is 2.78. The van der Waals surface area contributed by atoms with Crippen molar-refractivity contribution >= 4 is 11.9 Å². The molecule has 0 aromatic heterocycles. The van der Waals surface area contributed by atoms with Gasteiger partial charge in [-0.1, -0.05) is 6.07 Å². The van der Waals surface area contributed by atoms with Crippen LogP contribution in [0.3, 0.4) is 0 Å². The Bertz CT molecular complexity index is 548. The summed E-state index contributed by atoms with van der Waals surface area (Å²) in [6.45, 7) is 1.34. The van der Waals surface area contributed by atoms with Crippen molar-refractivity contribution in [3.05, 3.63) is 34.9 Å². The molecule has 0 bridgehead atoms. The van der Waals surface area contributed by atoms with E-state index in [-0.39, 0.29) is 12.5 Å². The van der Waals surface area contributed by atoms with Crippen LogP contribution in [0.15, 0.2) is 18.2 Å². The zero-order valence-corrected chi connectivity index (χ0v) is 10.4. The first-order chi connectivity index (χ1) is 9.11. The quantitative estimate of drug-likeness (QED) is 0.857. The third-order valence-corrected chi connectivity index (χ3v) is 3.88. The molecule has 1 saturated carbocycles. The number of amides is 1. The molecule has 2 aliphatic rings. The number of carbonyl (C=O) groups excluding carboxylic acids is 1. The highest BCUT2D eigenvalue weighted by atomic mass is 16.5. The van der Waals surface area contributed by atoms with E-state index < -0.39 is 11.4 Å². The molecule has 1 aromatic rings. The molecule has 0 saturated heterocycles. The highest BCUT2D eigenvalue weighted by molar-refractivity contribution is 5.95. The van der Waals surface area contributed by atoms with E-state index in [1.807, 2.05) is 12.1 Å². The fourth-order valence-electron chi connectivity index (χ4n) is 2.28. The maximum atomic E-state index is 12.0. The van der Waals surface area contributed by atoms with Crippen LogP contribution in [0.5, 0.6) is 0 Å². The van der Waals surface area contributed by atoms with Crippen LogP contribution in [0, 0.1) is 5.41 Å². The van der Waals surface area contributed by atoms with Crippen LogP contribution in [0.25, 0.3) is 0 Å². The van der Waals surface area contributed by atoms with E-state index in [2.05, 4.69) is 5.32 Å². The molecule has 19 heavy (non-hydrogen) atoms. The summed E-state index contributed by atoms with van der Waals surface area (Å²) in [4.78, 5) is 23.0. The molecule has 1 heterocycles. The second-order valence-electron chi connectivity index (χ2n) is 5.24. The Balaban J connectivity index is 1.66. The predicted octanol–water partition coefficient (Wildman–Crippen LogP) is 1.31. The molecule has 1 amide bonds. The van der Waals surface area contributed by atoms with Crippen LogP contribution in [-0.2, 0) is 22.7 Å². The third-order valence-electron chi connectivity index (χ3n) is 3.88. The lowest BCUT2D eigenvalue weighted by molar-refractivity contribution is -0.143. The van der Waals surface area contributed by atoms with Crippen LogP contribution < -0.4 is 5.32 Å². The van der Waals surface area contributed by atoms with Gasteiger partial charge >= 0.3 is 5.97 Å². The third kappa shape index (κ3) is 2.21. The lowest BCUT2D eigenvalue weighted by atomic mass is 10.0. The molecule has 5 heteroatoms. The molecule has 1 aromatic carbocycles. The molecule has 0 atom stereocenters. The smallest absolute Gasteiger partial charge is 0.311 e. The Morgan fingerprint density at radius 3 is 2.68 bits per heavy atom. The summed E-state index contributed by atoms with van der Waals surface area (Å²) in [5.41, 5.74) is 1.98. The lowest BCUT2D eigenvalue weighted by Gasteiger charge is -2.11. The van der Waals surface area contributed by atoms with Gasteiger partial charge in [0.05, 0.1) is 18.6 Å². The maximum Gasteiger partial charge on any atom is 0.311 e. The van der Waals surface area contributed by atoms with E-state index in [9.17, 15) is 9.59 Å². The van der Waals surface area contributed by atoms with Crippen molar-refractivity contribution in [3.8, 4) is 0 Å². The van der Waals surface area contributed by atoms with E-state index in [0.717, 1.165) is 11.1 Å². The van der Waals surface area contributed by atoms with Crippen molar-refractivity contribution in [3.63, 3.8) is 0 Å². The molecule has 0 unspecified atom stereocenters. The van der Waals surface area contributed by atoms with Crippen molar-refractivity contribution in [2.24, 2.45) is 5.41 Å². The zero-order chi connectivity index (χ0) is 13.5. The molecule has 2 N–H and O–H groups in total. The molecule has 0 spiro atoms. The van der Waals surface area contributed by atoms with Gasteiger partial charge in [-0.2, -0.15) is 0 Å². The second-order valence-corrected chi connectivity index (χ2v) is 5.24. The zero-order valence-electron chi connectivity index (χ0n) is 10.4. The second kappa shape index (κ2) is 4.35. The molecule has 100 valence electrons. The minimum atomic E-state index is -0.824. The van der Waals surface area contributed by atoms with Crippen molar-refractivity contribution in [1.29, 1.82) is 0 Å². The van der Waals surface area contributed by atoms with Gasteiger partial charge in [-0.15, -0.1) is 0 Å². The Morgan fingerprint density at radius 1 is 1.26 bits per heavy atom. The average molecular weight is 261 g/mol. The van der Waals surface area contributed by atoms with Gasteiger partial charge < -0.3 is 15.2 Å². The van der Waals surface area contributed by atoms with E-state index in [4.69, 9.17) is 9.84 Å². The number of fused-ring (bicyclic) bond motifs is 1. The summed E-state index contributed by atoms with van der Waals surface area (Å²) in [6.07, 6.45) is 1.28. The van der Waals surface area contributed by atoms with Gasteiger partial charge in [-0.25, -0.2) is 0 Å². The van der Waals surface area contributed by atoms with Crippen molar-refractivity contribution in [1.82, 2.24) is 5.32 Å². The Labute approximate surface area is 110 Å². The van der Waals surface area contributed by atoms with Gasteiger partial charge in [-0.3, -0.25) is 9.59 Å². The average Bonchev–Trinajstić information content (AvgIpc) is 3.06. The van der Waals surface area contributed by atoms with Gasteiger partial charge in [0.25, 0.3) is 5.91 Å². The van der Waals surface area contributed by atoms with Gasteiger partial charge in [0.15, 0.2) is 0 Å². The first-order valence-electron chi connectivity index (χ1n) is 6.32. The minimum absolute atomic E-state index is 0.203. The highest BCUT2D eigenvalue weighted by Gasteiger charge is 2.50. The summed E-state index contributed by atoms with van der Waals surface area (Å²) in [5, 5.41) is 11.8. The number of hydrogen-bond donors (Lipinski definition) is 2. The Morgan fingerprint density at radius 2 is 2.00 bits per heavy atom. The minimum Gasteiger partial charge on any atom is -0.481 e. The van der Waals surface area contributed by atoms with Crippen LogP contribution in [-0.4, -0.2) is 23.5 Å². The van der Waals surface area contributed by atoms with E-state index in [1.54, 1.807) is 6.07 Å². The summed E-state index contributed by atoms with van der Waals surface area (Å²) in [7, 11) is 0. The molecule has 1 aliphatic carbocycles. The number of nitrogens with one attached hydrogen (secondary N) is 1. The number of carbonyl (C=O) groups is 2. The molecule has 3 rings (SSSR count). The molecular weight excluding hydrogens is 246 g/mol. The number of benzene rings is 1. The standard InChI is InChI=1S/C14H15NO4/c16-12(15-8-14(3-4-14)13(17)18)9-1-2-10-6-19-7-11(10)5-9/h1-2,5H,3-4,6-8H2,(H,15,16)(H,17,18). The monoisotopic (exact) mass is 261 g/mol. The first kappa shape index (κ1) is 12.2. The number of rotatable bonds is 4. The molecule has 1 fully saturated rings. The van der Waals surface area contributed by atoms with Gasteiger partial charge in [0, 0.05) is 12.1 Å². The largest absolute Gasteiger partial charge is 0.481 e. The lowest BCUT2D eigenvalue weighted by Crippen LogP contribution is -2.34. The van der Waals surface area contributed by atoms with E-state index in [1.165, 1.54) is 0 Å². The SMILES string of the molecule is O=C(NCC1(C(=O)O)CC1)c1ccc2c(c1)COC2. The van der Waals surface area contributed by atoms with Crippen LogP contribution in [0.4, 0.5) is 0 Å². The van der Waals surface area contributed by atoms with Crippen LogP contribution in [0.2, 0.25) is 0 Å². The Hall–Kier alpha value is -1.88. The van der Waals surface area contributed by atoms with Gasteiger partial charge in [0.1, 0.15) is 0 Å². The normalized spacial score (nSPS) is 18.7. The van der Waals surface area contributed by atoms with Gasteiger partial charge in [-0.05, 0) is 36.1 Å². The van der Waals surface area contributed by atoms with Gasteiger partial charge in [0.2, 0.25) is 0 Å². The fraction of sp³-hybridized carbons (Fsp3) is 0.429.